The second-order valence-electron chi connectivity index (χ2n) is 3.00. The fourth-order valence-corrected chi connectivity index (χ4v) is 0.859. The molecule has 0 radical (unpaired) electrons. The summed E-state index contributed by atoms with van der Waals surface area (Å²) >= 11 is 0. The molecule has 0 amide bonds. The quantitative estimate of drug-likeness (QED) is 0.649. The van der Waals surface area contributed by atoms with E-state index < -0.39 is 0 Å². The molecule has 0 aliphatic heterocycles. The number of aromatic hydroxyl groups is 1. The molecule has 0 heterocycles. The first-order valence-corrected chi connectivity index (χ1v) is 4.20. The largest absolute Gasteiger partial charge is 0.508 e. The molecule has 0 bridgehead atoms. The number of hydrogen-bond donors (Lipinski definition) is 1. The molecule has 70 valence electrons. The lowest BCUT2D eigenvalue weighted by Gasteiger charge is -2.03. The smallest absolute Gasteiger partial charge is 0.115 e. The average molecular weight is 176 g/mol. The van der Waals surface area contributed by atoms with E-state index in [0.29, 0.717) is 11.7 Å². The first-order chi connectivity index (χ1) is 6.11. The Kier molecular flexibility index (Phi) is 5.42. The van der Waals surface area contributed by atoms with Crippen LogP contribution in [0.3, 0.4) is 0 Å². The maximum absolute atomic E-state index is 8.94. The summed E-state index contributed by atoms with van der Waals surface area (Å²) < 4.78 is 0. The summed E-state index contributed by atoms with van der Waals surface area (Å²) in [7, 11) is 0. The van der Waals surface area contributed by atoms with E-state index in [1.54, 1.807) is 12.1 Å². The first kappa shape index (κ1) is 11.5. The molecular formula is C12H16O. The molecule has 0 aromatic heterocycles. The molecule has 1 rings (SSSR count). The van der Waals surface area contributed by atoms with Crippen LogP contribution >= 0.6 is 0 Å². The van der Waals surface area contributed by atoms with Crippen LogP contribution < -0.4 is 0 Å². The topological polar surface area (TPSA) is 20.2 Å². The predicted molar refractivity (Wildman–Crippen MR) is 57.0 cm³/mol. The zero-order chi connectivity index (χ0) is 10.3. The predicted octanol–water partition coefficient (Wildman–Crippen LogP) is 3.47. The van der Waals surface area contributed by atoms with Gasteiger partial charge in [-0.25, -0.2) is 0 Å². The van der Waals surface area contributed by atoms with Crippen LogP contribution in [0.5, 0.6) is 5.75 Å². The van der Waals surface area contributed by atoms with E-state index in [4.69, 9.17) is 5.11 Å². The summed E-state index contributed by atoms with van der Waals surface area (Å²) in [5.74, 6) is 0.880. The Bertz CT molecular complexity index is 264. The van der Waals surface area contributed by atoms with Crippen LogP contribution in [-0.2, 0) is 0 Å². The standard InChI is InChI=1S/C9H12O.C3H4/c1-7(2)8-3-5-9(10)6-4-8;1-3-2/h3-7,10H,1-2H3;1-2H2. The molecule has 0 unspecified atom stereocenters. The SMILES string of the molecule is C=C=C.CC(C)c1ccc(O)cc1. The van der Waals surface area contributed by atoms with E-state index in [9.17, 15) is 0 Å². The van der Waals surface area contributed by atoms with E-state index in [0.717, 1.165) is 0 Å². The lowest BCUT2D eigenvalue weighted by Crippen LogP contribution is -1.84. The maximum Gasteiger partial charge on any atom is 0.115 e. The van der Waals surface area contributed by atoms with Crippen molar-refractivity contribution in [2.45, 2.75) is 19.8 Å². The Balaban J connectivity index is 0.000000424. The highest BCUT2D eigenvalue weighted by Crippen LogP contribution is 2.16. The van der Waals surface area contributed by atoms with Gasteiger partial charge in [0.1, 0.15) is 5.75 Å². The van der Waals surface area contributed by atoms with Gasteiger partial charge in [-0.2, -0.15) is 0 Å². The Labute approximate surface area is 80.0 Å². The van der Waals surface area contributed by atoms with Crippen LogP contribution in [0.15, 0.2) is 43.2 Å². The van der Waals surface area contributed by atoms with Gasteiger partial charge in [0.25, 0.3) is 0 Å². The van der Waals surface area contributed by atoms with Crippen LogP contribution in [0.25, 0.3) is 0 Å². The van der Waals surface area contributed by atoms with Gasteiger partial charge in [-0.15, -0.1) is 5.73 Å². The van der Waals surface area contributed by atoms with Crippen molar-refractivity contribution < 1.29 is 5.11 Å². The van der Waals surface area contributed by atoms with Crippen LogP contribution in [0.2, 0.25) is 0 Å². The fraction of sp³-hybridized carbons (Fsp3) is 0.250. The highest BCUT2D eigenvalue weighted by Gasteiger charge is 1.96. The number of hydrogen-bond acceptors (Lipinski definition) is 1. The Morgan fingerprint density at radius 1 is 1.15 bits per heavy atom. The molecule has 1 heteroatoms. The summed E-state index contributed by atoms with van der Waals surface area (Å²) in [5.41, 5.74) is 3.51. The highest BCUT2D eigenvalue weighted by atomic mass is 16.3. The van der Waals surface area contributed by atoms with E-state index in [1.165, 1.54) is 5.56 Å². The van der Waals surface area contributed by atoms with Gasteiger partial charge in [-0.05, 0) is 23.6 Å². The van der Waals surface area contributed by atoms with Crippen molar-refractivity contribution in [3.8, 4) is 5.75 Å². The maximum atomic E-state index is 8.94. The number of rotatable bonds is 1. The molecule has 13 heavy (non-hydrogen) atoms. The minimum absolute atomic E-state index is 0.337. The molecule has 1 N–H and O–H groups in total. The van der Waals surface area contributed by atoms with Gasteiger partial charge < -0.3 is 5.11 Å². The average Bonchev–Trinajstić information content (AvgIpc) is 2.06. The summed E-state index contributed by atoms with van der Waals surface area (Å²) in [4.78, 5) is 0. The van der Waals surface area contributed by atoms with Crippen molar-refractivity contribution >= 4 is 0 Å². The van der Waals surface area contributed by atoms with Crippen LogP contribution in [0.4, 0.5) is 0 Å². The second kappa shape index (κ2) is 6.10. The lowest BCUT2D eigenvalue weighted by molar-refractivity contribution is 0.475. The Hall–Kier alpha value is -1.46. The lowest BCUT2D eigenvalue weighted by atomic mass is 10.0. The van der Waals surface area contributed by atoms with E-state index in [-0.39, 0.29) is 0 Å². The molecule has 0 spiro atoms. The van der Waals surface area contributed by atoms with Gasteiger partial charge in [0, 0.05) is 0 Å². The van der Waals surface area contributed by atoms with Gasteiger partial charge in [-0.1, -0.05) is 39.1 Å². The minimum Gasteiger partial charge on any atom is -0.508 e. The Morgan fingerprint density at radius 2 is 1.54 bits per heavy atom. The minimum atomic E-state index is 0.337. The molecule has 0 saturated carbocycles. The second-order valence-corrected chi connectivity index (χ2v) is 3.00. The molecule has 0 aliphatic rings. The van der Waals surface area contributed by atoms with Crippen molar-refractivity contribution in [1.82, 2.24) is 0 Å². The fourth-order valence-electron chi connectivity index (χ4n) is 0.859. The summed E-state index contributed by atoms with van der Waals surface area (Å²) in [6.45, 7) is 10.5. The van der Waals surface area contributed by atoms with Crippen LogP contribution in [0.1, 0.15) is 25.3 Å². The van der Waals surface area contributed by atoms with Crippen molar-refractivity contribution in [2.75, 3.05) is 0 Å². The van der Waals surface area contributed by atoms with Crippen molar-refractivity contribution in [1.29, 1.82) is 0 Å². The van der Waals surface area contributed by atoms with Crippen molar-refractivity contribution in [2.24, 2.45) is 0 Å². The van der Waals surface area contributed by atoms with Gasteiger partial charge in [0.2, 0.25) is 0 Å². The van der Waals surface area contributed by atoms with Crippen molar-refractivity contribution in [3.63, 3.8) is 0 Å². The van der Waals surface area contributed by atoms with Crippen molar-refractivity contribution in [3.05, 3.63) is 48.7 Å². The zero-order valence-electron chi connectivity index (χ0n) is 8.25. The summed E-state index contributed by atoms with van der Waals surface area (Å²) in [6.07, 6.45) is 0. The zero-order valence-corrected chi connectivity index (χ0v) is 8.25. The third-order valence-electron chi connectivity index (χ3n) is 1.56. The normalized spacial score (nSPS) is 8.54. The molecule has 1 aromatic carbocycles. The highest BCUT2D eigenvalue weighted by molar-refractivity contribution is 5.27. The number of phenols is 1. The molecule has 0 fully saturated rings. The summed E-state index contributed by atoms with van der Waals surface area (Å²) in [5, 5.41) is 8.94. The molecule has 0 saturated heterocycles. The molecular weight excluding hydrogens is 160 g/mol. The first-order valence-electron chi connectivity index (χ1n) is 4.20. The van der Waals surface area contributed by atoms with Gasteiger partial charge >= 0.3 is 0 Å². The molecule has 0 atom stereocenters. The van der Waals surface area contributed by atoms with Gasteiger partial charge in [0.05, 0.1) is 0 Å². The summed E-state index contributed by atoms with van der Waals surface area (Å²) in [6, 6.07) is 7.32. The monoisotopic (exact) mass is 176 g/mol. The Morgan fingerprint density at radius 3 is 1.85 bits per heavy atom. The van der Waals surface area contributed by atoms with E-state index in [1.807, 2.05) is 12.1 Å². The van der Waals surface area contributed by atoms with Crippen LogP contribution in [0, 0.1) is 0 Å². The number of benzene rings is 1. The van der Waals surface area contributed by atoms with Gasteiger partial charge in [-0.3, -0.25) is 0 Å². The third kappa shape index (κ3) is 4.89. The number of phenolic OH excluding ortho intramolecular Hbond substituents is 1. The van der Waals surface area contributed by atoms with Gasteiger partial charge in [0.15, 0.2) is 0 Å². The molecule has 1 aromatic rings. The van der Waals surface area contributed by atoms with E-state index >= 15 is 0 Å². The third-order valence-corrected chi connectivity index (χ3v) is 1.56. The molecule has 0 aliphatic carbocycles. The van der Waals surface area contributed by atoms with Crippen LogP contribution in [-0.4, -0.2) is 5.11 Å². The molecule has 1 nitrogen and oxygen atoms in total. The van der Waals surface area contributed by atoms with E-state index in [2.05, 4.69) is 32.7 Å².